The molecule has 0 aliphatic carbocycles. The molecule has 0 aliphatic rings. The highest BCUT2D eigenvalue weighted by atomic mass is 79.9. The molecule has 0 spiro atoms. The lowest BCUT2D eigenvalue weighted by atomic mass is 10.3. The van der Waals surface area contributed by atoms with E-state index in [2.05, 4.69) is 44.1 Å². The Morgan fingerprint density at radius 3 is 3.00 bits per heavy atom. The van der Waals surface area contributed by atoms with Crippen LogP contribution in [0.4, 0.5) is 5.82 Å². The number of hydrogen-bond donors (Lipinski definition) is 1. The molecule has 0 aromatic carbocycles. The first-order valence-electron chi connectivity index (χ1n) is 4.47. The second-order valence-corrected chi connectivity index (χ2v) is 3.61. The second kappa shape index (κ2) is 5.61. The van der Waals surface area contributed by atoms with Gasteiger partial charge in [-0.1, -0.05) is 12.8 Å². The van der Waals surface area contributed by atoms with Crippen molar-refractivity contribution >= 4 is 21.7 Å². The van der Waals surface area contributed by atoms with Gasteiger partial charge < -0.3 is 5.32 Å². The van der Waals surface area contributed by atoms with Crippen LogP contribution in [0.15, 0.2) is 10.7 Å². The molecule has 0 radical (unpaired) electrons. The Kier molecular flexibility index (Phi) is 4.41. The number of anilines is 1. The summed E-state index contributed by atoms with van der Waals surface area (Å²) in [6.07, 6.45) is 7.06. The van der Waals surface area contributed by atoms with Crippen LogP contribution in [0.1, 0.15) is 19.2 Å². The standard InChI is InChI=1S/C10H12BrN3/c1-3-5-9-13-8(11)7-10(14-9)12-6-4-2/h2,7H,3,5-6H2,1H3,(H,12,13,14). The first-order valence-corrected chi connectivity index (χ1v) is 5.26. The Morgan fingerprint density at radius 1 is 1.57 bits per heavy atom. The average Bonchev–Trinajstić information content (AvgIpc) is 2.14. The van der Waals surface area contributed by atoms with Gasteiger partial charge in [-0.2, -0.15) is 0 Å². The van der Waals surface area contributed by atoms with Gasteiger partial charge >= 0.3 is 0 Å². The van der Waals surface area contributed by atoms with Crippen molar-refractivity contribution in [1.29, 1.82) is 0 Å². The maximum absolute atomic E-state index is 5.14. The fraction of sp³-hybridized carbons (Fsp3) is 0.400. The minimum absolute atomic E-state index is 0.481. The van der Waals surface area contributed by atoms with Crippen LogP contribution in [0, 0.1) is 12.3 Å². The lowest BCUT2D eigenvalue weighted by Gasteiger charge is -2.04. The van der Waals surface area contributed by atoms with Crippen molar-refractivity contribution in [1.82, 2.24) is 9.97 Å². The zero-order valence-electron chi connectivity index (χ0n) is 8.05. The first kappa shape index (κ1) is 11.0. The average molecular weight is 254 g/mol. The van der Waals surface area contributed by atoms with Crippen molar-refractivity contribution in [2.24, 2.45) is 0 Å². The fourth-order valence-corrected chi connectivity index (χ4v) is 1.45. The van der Waals surface area contributed by atoms with Crippen LogP contribution in [0.3, 0.4) is 0 Å². The Balaban J connectivity index is 2.79. The number of rotatable bonds is 4. The summed E-state index contributed by atoms with van der Waals surface area (Å²) < 4.78 is 0.787. The van der Waals surface area contributed by atoms with Gasteiger partial charge in [-0.05, 0) is 22.4 Å². The zero-order chi connectivity index (χ0) is 10.4. The highest BCUT2D eigenvalue weighted by Gasteiger charge is 2.00. The van der Waals surface area contributed by atoms with Gasteiger partial charge in [0.1, 0.15) is 16.2 Å². The number of halogens is 1. The van der Waals surface area contributed by atoms with E-state index in [1.807, 2.05) is 6.07 Å². The number of nitrogens with one attached hydrogen (secondary N) is 1. The van der Waals surface area contributed by atoms with E-state index in [4.69, 9.17) is 6.42 Å². The minimum atomic E-state index is 0.481. The SMILES string of the molecule is C#CCNc1cc(Br)nc(CCC)n1. The third-order valence-electron chi connectivity index (χ3n) is 1.59. The van der Waals surface area contributed by atoms with Crippen molar-refractivity contribution in [2.75, 3.05) is 11.9 Å². The second-order valence-electron chi connectivity index (χ2n) is 2.80. The zero-order valence-corrected chi connectivity index (χ0v) is 9.63. The van der Waals surface area contributed by atoms with Crippen molar-refractivity contribution in [3.8, 4) is 12.3 Å². The van der Waals surface area contributed by atoms with Gasteiger partial charge in [0.25, 0.3) is 0 Å². The summed E-state index contributed by atoms with van der Waals surface area (Å²) >= 11 is 3.33. The summed E-state index contributed by atoms with van der Waals surface area (Å²) in [5.74, 6) is 4.11. The molecule has 1 N–H and O–H groups in total. The van der Waals surface area contributed by atoms with E-state index in [0.717, 1.165) is 29.1 Å². The smallest absolute Gasteiger partial charge is 0.132 e. The number of aromatic nitrogens is 2. The molecule has 0 saturated heterocycles. The molecule has 0 unspecified atom stereocenters. The van der Waals surface area contributed by atoms with Gasteiger partial charge in [-0.25, -0.2) is 9.97 Å². The van der Waals surface area contributed by atoms with E-state index < -0.39 is 0 Å². The molecule has 1 aromatic heterocycles. The van der Waals surface area contributed by atoms with Gasteiger partial charge in [0.15, 0.2) is 0 Å². The molecule has 1 rings (SSSR count). The van der Waals surface area contributed by atoms with Crippen molar-refractivity contribution < 1.29 is 0 Å². The van der Waals surface area contributed by atoms with E-state index in [1.54, 1.807) is 0 Å². The van der Waals surface area contributed by atoms with E-state index in [9.17, 15) is 0 Å². The molecule has 3 nitrogen and oxygen atoms in total. The molecule has 1 aromatic rings. The van der Waals surface area contributed by atoms with Crippen molar-refractivity contribution in [3.05, 3.63) is 16.5 Å². The molecular weight excluding hydrogens is 242 g/mol. The van der Waals surface area contributed by atoms with Gasteiger partial charge in [0.05, 0.1) is 6.54 Å². The summed E-state index contributed by atoms with van der Waals surface area (Å²) in [5.41, 5.74) is 0. The predicted octanol–water partition coefficient (Wildman–Crippen LogP) is 2.24. The van der Waals surface area contributed by atoms with Gasteiger partial charge in [0, 0.05) is 12.5 Å². The quantitative estimate of drug-likeness (QED) is 0.661. The molecule has 0 saturated carbocycles. The number of terminal acetylenes is 1. The van der Waals surface area contributed by atoms with Crippen LogP contribution in [0.5, 0.6) is 0 Å². The molecular formula is C10H12BrN3. The monoisotopic (exact) mass is 253 g/mol. The fourth-order valence-electron chi connectivity index (χ4n) is 1.03. The van der Waals surface area contributed by atoms with Crippen LogP contribution in [-0.4, -0.2) is 16.5 Å². The Labute approximate surface area is 92.5 Å². The molecule has 1 heterocycles. The maximum Gasteiger partial charge on any atom is 0.132 e. The van der Waals surface area contributed by atoms with Crippen LogP contribution in [0.25, 0.3) is 0 Å². The highest BCUT2D eigenvalue weighted by Crippen LogP contribution is 2.12. The summed E-state index contributed by atoms with van der Waals surface area (Å²) in [4.78, 5) is 8.56. The Bertz CT molecular complexity index is 344. The van der Waals surface area contributed by atoms with Crippen LogP contribution >= 0.6 is 15.9 Å². The highest BCUT2D eigenvalue weighted by molar-refractivity contribution is 9.10. The minimum Gasteiger partial charge on any atom is -0.359 e. The maximum atomic E-state index is 5.14. The summed E-state index contributed by atoms with van der Waals surface area (Å²) in [5, 5.41) is 3.02. The Hall–Kier alpha value is -1.08. The molecule has 0 amide bonds. The number of hydrogen-bond acceptors (Lipinski definition) is 3. The lowest BCUT2D eigenvalue weighted by Crippen LogP contribution is -2.04. The van der Waals surface area contributed by atoms with E-state index in [1.165, 1.54) is 0 Å². The molecule has 4 heteroatoms. The van der Waals surface area contributed by atoms with Gasteiger partial charge in [0.2, 0.25) is 0 Å². The lowest BCUT2D eigenvalue weighted by molar-refractivity contribution is 0.830. The summed E-state index contributed by atoms with van der Waals surface area (Å²) in [7, 11) is 0. The van der Waals surface area contributed by atoms with Crippen LogP contribution < -0.4 is 5.32 Å². The van der Waals surface area contributed by atoms with Crippen molar-refractivity contribution in [3.63, 3.8) is 0 Å². The Morgan fingerprint density at radius 2 is 2.36 bits per heavy atom. The topological polar surface area (TPSA) is 37.8 Å². The number of aryl methyl sites for hydroxylation is 1. The number of nitrogens with zero attached hydrogens (tertiary/aromatic N) is 2. The third-order valence-corrected chi connectivity index (χ3v) is 1.99. The van der Waals surface area contributed by atoms with Gasteiger partial charge in [-0.15, -0.1) is 6.42 Å². The molecule has 0 bridgehead atoms. The summed E-state index contributed by atoms with van der Waals surface area (Å²) in [6.45, 7) is 2.58. The van der Waals surface area contributed by atoms with Crippen LogP contribution in [-0.2, 0) is 6.42 Å². The van der Waals surface area contributed by atoms with E-state index >= 15 is 0 Å². The predicted molar refractivity (Wildman–Crippen MR) is 61.0 cm³/mol. The molecule has 74 valence electrons. The van der Waals surface area contributed by atoms with Crippen LogP contribution in [0.2, 0.25) is 0 Å². The normalized spacial score (nSPS) is 9.50. The van der Waals surface area contributed by atoms with Crippen molar-refractivity contribution in [2.45, 2.75) is 19.8 Å². The largest absolute Gasteiger partial charge is 0.359 e. The molecule has 0 fully saturated rings. The summed E-state index contributed by atoms with van der Waals surface area (Å²) in [6, 6.07) is 1.82. The molecule has 0 atom stereocenters. The van der Waals surface area contributed by atoms with Gasteiger partial charge in [-0.3, -0.25) is 0 Å². The van der Waals surface area contributed by atoms with E-state index in [-0.39, 0.29) is 0 Å². The molecule has 0 aliphatic heterocycles. The third kappa shape index (κ3) is 3.35. The molecule has 14 heavy (non-hydrogen) atoms. The van der Waals surface area contributed by atoms with E-state index in [0.29, 0.717) is 6.54 Å². The first-order chi connectivity index (χ1) is 6.76.